The Hall–Kier alpha value is -2.41. The van der Waals surface area contributed by atoms with Crippen molar-refractivity contribution in [2.24, 2.45) is 0 Å². The summed E-state index contributed by atoms with van der Waals surface area (Å²) in [6.07, 6.45) is 0. The van der Waals surface area contributed by atoms with E-state index in [4.69, 9.17) is 5.26 Å². The minimum atomic E-state index is -0.204. The lowest BCUT2D eigenvalue weighted by molar-refractivity contribution is 0.0779. The average molecular weight is 239 g/mol. The van der Waals surface area contributed by atoms with Crippen molar-refractivity contribution >= 4 is 16.8 Å². The third kappa shape index (κ3) is 2.30. The van der Waals surface area contributed by atoms with Gasteiger partial charge in [0.25, 0.3) is 5.91 Å². The maximum Gasteiger partial charge on any atom is 0.273 e. The molecule has 0 saturated heterocycles. The zero-order valence-electron chi connectivity index (χ0n) is 10.1. The Morgan fingerprint density at radius 1 is 1.33 bits per heavy atom. The number of fused-ring (bicyclic) bond motifs is 1. The second kappa shape index (κ2) is 5.28. The molecule has 1 heterocycles. The third-order valence-electron chi connectivity index (χ3n) is 2.75. The van der Waals surface area contributed by atoms with Gasteiger partial charge in [-0.2, -0.15) is 5.26 Å². The van der Waals surface area contributed by atoms with Crippen LogP contribution in [0.4, 0.5) is 0 Å². The molecule has 0 atom stereocenters. The highest BCUT2D eigenvalue weighted by Crippen LogP contribution is 2.12. The summed E-state index contributed by atoms with van der Waals surface area (Å²) in [5.74, 6) is -0.204. The molecule has 0 fully saturated rings. The van der Waals surface area contributed by atoms with Crippen molar-refractivity contribution in [2.45, 2.75) is 6.92 Å². The molecule has 0 aliphatic heterocycles. The van der Waals surface area contributed by atoms with Gasteiger partial charge < -0.3 is 4.90 Å². The van der Waals surface area contributed by atoms with E-state index in [2.05, 4.69) is 4.98 Å². The minimum Gasteiger partial charge on any atom is -0.324 e. The van der Waals surface area contributed by atoms with Crippen LogP contribution in [0.3, 0.4) is 0 Å². The van der Waals surface area contributed by atoms with Gasteiger partial charge in [-0.3, -0.25) is 4.79 Å². The number of carbonyl (C=O) groups is 1. The lowest BCUT2D eigenvalue weighted by Crippen LogP contribution is -2.31. The van der Waals surface area contributed by atoms with Gasteiger partial charge in [-0.05, 0) is 19.1 Å². The summed E-state index contributed by atoms with van der Waals surface area (Å²) in [5, 5.41) is 9.67. The predicted molar refractivity (Wildman–Crippen MR) is 68.9 cm³/mol. The molecule has 0 N–H and O–H groups in total. The Labute approximate surface area is 105 Å². The first-order valence-electron chi connectivity index (χ1n) is 5.78. The minimum absolute atomic E-state index is 0.0871. The van der Waals surface area contributed by atoms with Crippen molar-refractivity contribution in [1.29, 1.82) is 5.26 Å². The number of nitrogens with zero attached hydrogens (tertiary/aromatic N) is 3. The lowest BCUT2D eigenvalue weighted by Gasteiger charge is -2.16. The first-order valence-corrected chi connectivity index (χ1v) is 5.78. The average Bonchev–Trinajstić information content (AvgIpc) is 2.43. The highest BCUT2D eigenvalue weighted by atomic mass is 16.2. The fourth-order valence-electron chi connectivity index (χ4n) is 1.76. The molecule has 1 aromatic carbocycles. The van der Waals surface area contributed by atoms with Gasteiger partial charge >= 0.3 is 0 Å². The molecule has 18 heavy (non-hydrogen) atoms. The van der Waals surface area contributed by atoms with Crippen molar-refractivity contribution in [1.82, 2.24) is 9.88 Å². The Balaban J connectivity index is 2.36. The van der Waals surface area contributed by atoms with Gasteiger partial charge in [-0.1, -0.05) is 24.3 Å². The van der Waals surface area contributed by atoms with E-state index in [0.717, 1.165) is 10.9 Å². The molecule has 0 saturated carbocycles. The smallest absolute Gasteiger partial charge is 0.273 e. The van der Waals surface area contributed by atoms with Crippen LogP contribution in [0.5, 0.6) is 0 Å². The molecular formula is C14H13N3O. The molecule has 4 nitrogen and oxygen atoms in total. The lowest BCUT2D eigenvalue weighted by atomic mass is 10.2. The molecule has 0 bridgehead atoms. The van der Waals surface area contributed by atoms with Crippen LogP contribution in [-0.2, 0) is 0 Å². The van der Waals surface area contributed by atoms with Gasteiger partial charge in [0.05, 0.1) is 11.6 Å². The molecule has 1 amide bonds. The molecule has 0 unspecified atom stereocenters. The molecule has 90 valence electrons. The number of hydrogen-bond acceptors (Lipinski definition) is 3. The van der Waals surface area contributed by atoms with Crippen LogP contribution in [0.15, 0.2) is 36.4 Å². The largest absolute Gasteiger partial charge is 0.324 e. The van der Waals surface area contributed by atoms with Crippen LogP contribution in [-0.4, -0.2) is 28.9 Å². The first-order chi connectivity index (χ1) is 8.76. The van der Waals surface area contributed by atoms with Gasteiger partial charge in [0.1, 0.15) is 12.2 Å². The van der Waals surface area contributed by atoms with E-state index in [1.165, 1.54) is 4.90 Å². The van der Waals surface area contributed by atoms with E-state index in [9.17, 15) is 4.79 Å². The summed E-state index contributed by atoms with van der Waals surface area (Å²) >= 11 is 0. The summed E-state index contributed by atoms with van der Waals surface area (Å²) in [5.41, 5.74) is 1.17. The number of para-hydroxylation sites is 1. The molecule has 0 spiro atoms. The van der Waals surface area contributed by atoms with Crippen molar-refractivity contribution in [3.63, 3.8) is 0 Å². The SMILES string of the molecule is CCN(CC#N)C(=O)c1ccc2ccccc2n1. The fourth-order valence-corrected chi connectivity index (χ4v) is 1.76. The van der Waals surface area contributed by atoms with Crippen molar-refractivity contribution in [3.8, 4) is 6.07 Å². The monoisotopic (exact) mass is 239 g/mol. The Morgan fingerprint density at radius 2 is 2.11 bits per heavy atom. The first kappa shape index (κ1) is 12.1. The normalized spacial score (nSPS) is 10.0. The summed E-state index contributed by atoms with van der Waals surface area (Å²) in [6, 6.07) is 13.2. The molecule has 2 aromatic rings. The van der Waals surface area contributed by atoms with Crippen LogP contribution in [0, 0.1) is 11.3 Å². The summed E-state index contributed by atoms with van der Waals surface area (Å²) in [7, 11) is 0. The molecule has 1 aromatic heterocycles. The number of aromatic nitrogens is 1. The van der Waals surface area contributed by atoms with Crippen molar-refractivity contribution in [2.75, 3.05) is 13.1 Å². The van der Waals surface area contributed by atoms with E-state index in [-0.39, 0.29) is 12.5 Å². The van der Waals surface area contributed by atoms with Gasteiger partial charge in [-0.15, -0.1) is 0 Å². The predicted octanol–water partition coefficient (Wildman–Crippen LogP) is 2.22. The topological polar surface area (TPSA) is 57.0 Å². The highest BCUT2D eigenvalue weighted by Gasteiger charge is 2.15. The standard InChI is InChI=1S/C14H13N3O/c1-2-17(10-9-15)14(18)13-8-7-11-5-3-4-6-12(11)16-13/h3-8H,2,10H2,1H3. The van der Waals surface area contributed by atoms with Crippen LogP contribution in [0.25, 0.3) is 10.9 Å². The maximum atomic E-state index is 12.1. The number of amides is 1. The van der Waals surface area contributed by atoms with Gasteiger partial charge in [-0.25, -0.2) is 4.98 Å². The second-order valence-electron chi connectivity index (χ2n) is 3.87. The molecule has 0 radical (unpaired) electrons. The fraction of sp³-hybridized carbons (Fsp3) is 0.214. The van der Waals surface area contributed by atoms with E-state index in [0.29, 0.717) is 12.2 Å². The zero-order valence-corrected chi connectivity index (χ0v) is 10.1. The second-order valence-corrected chi connectivity index (χ2v) is 3.87. The quantitative estimate of drug-likeness (QED) is 0.772. The summed E-state index contributed by atoms with van der Waals surface area (Å²) < 4.78 is 0. The summed E-state index contributed by atoms with van der Waals surface area (Å²) in [4.78, 5) is 17.9. The van der Waals surface area contributed by atoms with Crippen LogP contribution in [0.1, 0.15) is 17.4 Å². The number of nitriles is 1. The number of carbonyl (C=O) groups excluding carboxylic acids is 1. The number of benzene rings is 1. The molecular weight excluding hydrogens is 226 g/mol. The number of hydrogen-bond donors (Lipinski definition) is 0. The highest BCUT2D eigenvalue weighted by molar-refractivity contribution is 5.95. The van der Waals surface area contributed by atoms with E-state index < -0.39 is 0 Å². The van der Waals surface area contributed by atoms with Crippen LogP contribution in [0.2, 0.25) is 0 Å². The van der Waals surface area contributed by atoms with Crippen molar-refractivity contribution < 1.29 is 4.79 Å². The van der Waals surface area contributed by atoms with Gasteiger partial charge in [0, 0.05) is 11.9 Å². The van der Waals surface area contributed by atoms with Crippen LogP contribution < -0.4 is 0 Å². The number of pyridine rings is 1. The molecule has 2 rings (SSSR count). The molecule has 4 heteroatoms. The molecule has 0 aliphatic rings. The Bertz CT molecular complexity index is 616. The number of rotatable bonds is 3. The van der Waals surface area contributed by atoms with E-state index >= 15 is 0 Å². The van der Waals surface area contributed by atoms with E-state index in [1.54, 1.807) is 6.07 Å². The van der Waals surface area contributed by atoms with Gasteiger partial charge in [0.2, 0.25) is 0 Å². The van der Waals surface area contributed by atoms with Crippen LogP contribution >= 0.6 is 0 Å². The van der Waals surface area contributed by atoms with Gasteiger partial charge in [0.15, 0.2) is 0 Å². The third-order valence-corrected chi connectivity index (χ3v) is 2.75. The maximum absolute atomic E-state index is 12.1. The van der Waals surface area contributed by atoms with Crippen molar-refractivity contribution in [3.05, 3.63) is 42.1 Å². The Morgan fingerprint density at radius 3 is 2.83 bits per heavy atom. The van der Waals surface area contributed by atoms with E-state index in [1.807, 2.05) is 43.3 Å². The summed E-state index contributed by atoms with van der Waals surface area (Å²) in [6.45, 7) is 2.43. The zero-order chi connectivity index (χ0) is 13.0. The Kier molecular flexibility index (Phi) is 3.54. The molecule has 0 aliphatic carbocycles.